The van der Waals surface area contributed by atoms with Crippen LogP contribution in [0.3, 0.4) is 0 Å². The summed E-state index contributed by atoms with van der Waals surface area (Å²) in [6, 6.07) is 6.66. The van der Waals surface area contributed by atoms with Crippen LogP contribution in [-0.2, 0) is 0 Å². The van der Waals surface area contributed by atoms with Gasteiger partial charge in [0.15, 0.2) is 10.3 Å². The first-order chi connectivity index (χ1) is 8.59. The van der Waals surface area contributed by atoms with Gasteiger partial charge in [0.05, 0.1) is 5.56 Å². The monoisotopic (exact) mass is 282 g/mol. The second-order valence-corrected chi connectivity index (χ2v) is 4.09. The number of nitrogens with two attached hydrogens (primary N) is 1. The van der Waals surface area contributed by atoms with Crippen molar-refractivity contribution in [3.63, 3.8) is 0 Å². The minimum Gasteiger partial charge on any atom is -0.398 e. The number of rotatable bonds is 2. The zero-order valence-corrected chi connectivity index (χ0v) is 10.5. The zero-order valence-electron chi connectivity index (χ0n) is 9.02. The van der Waals surface area contributed by atoms with E-state index in [0.717, 1.165) is 0 Å². The van der Waals surface area contributed by atoms with E-state index in [1.54, 1.807) is 24.3 Å². The van der Waals surface area contributed by atoms with E-state index < -0.39 is 5.91 Å². The van der Waals surface area contributed by atoms with Crippen molar-refractivity contribution in [3.8, 4) is 0 Å². The summed E-state index contributed by atoms with van der Waals surface area (Å²) in [5, 5.41) is 2.66. The van der Waals surface area contributed by atoms with Crippen molar-refractivity contribution in [1.82, 2.24) is 9.97 Å². The number of amides is 1. The number of para-hydroxylation sites is 1. The van der Waals surface area contributed by atoms with E-state index in [2.05, 4.69) is 15.3 Å². The molecule has 1 heterocycles. The minimum absolute atomic E-state index is 0.0675. The molecule has 18 heavy (non-hydrogen) atoms. The van der Waals surface area contributed by atoms with Gasteiger partial charge < -0.3 is 11.1 Å². The van der Waals surface area contributed by atoms with Crippen LogP contribution < -0.4 is 11.1 Å². The highest BCUT2D eigenvalue weighted by atomic mass is 35.5. The van der Waals surface area contributed by atoms with Crippen LogP contribution in [0.15, 0.2) is 30.6 Å². The standard InChI is InChI=1S/C11H8Cl2N4O/c12-9-8(10(13)16-5-15-9)17-11(18)6-3-1-2-4-7(6)14/h1-5H,14H2,(H,17,18). The number of nitrogens with one attached hydrogen (secondary N) is 1. The Hall–Kier alpha value is -1.85. The number of nitrogens with zero attached hydrogens (tertiary/aromatic N) is 2. The second kappa shape index (κ2) is 5.20. The number of halogens is 2. The maximum Gasteiger partial charge on any atom is 0.257 e. The zero-order chi connectivity index (χ0) is 13.1. The molecule has 0 aliphatic carbocycles. The van der Waals surface area contributed by atoms with Gasteiger partial charge in [0, 0.05) is 5.69 Å². The third kappa shape index (κ3) is 2.52. The molecule has 2 aromatic rings. The maximum absolute atomic E-state index is 12.0. The van der Waals surface area contributed by atoms with E-state index in [4.69, 9.17) is 28.9 Å². The lowest BCUT2D eigenvalue weighted by Crippen LogP contribution is -2.15. The molecule has 0 aliphatic heterocycles. The van der Waals surface area contributed by atoms with Crippen LogP contribution in [0.4, 0.5) is 11.4 Å². The fourth-order valence-electron chi connectivity index (χ4n) is 1.33. The van der Waals surface area contributed by atoms with Crippen molar-refractivity contribution in [2.24, 2.45) is 0 Å². The van der Waals surface area contributed by atoms with Crippen LogP contribution in [0, 0.1) is 0 Å². The number of hydrogen-bond acceptors (Lipinski definition) is 4. The van der Waals surface area contributed by atoms with E-state index >= 15 is 0 Å². The minimum atomic E-state index is -0.424. The fraction of sp³-hybridized carbons (Fsp3) is 0. The molecule has 0 aliphatic rings. The van der Waals surface area contributed by atoms with Crippen LogP contribution >= 0.6 is 23.2 Å². The molecule has 0 fully saturated rings. The lowest BCUT2D eigenvalue weighted by molar-refractivity contribution is 0.102. The fourth-order valence-corrected chi connectivity index (χ4v) is 1.74. The molecule has 0 saturated carbocycles. The Balaban J connectivity index is 2.30. The molecule has 2 rings (SSSR count). The van der Waals surface area contributed by atoms with E-state index in [1.165, 1.54) is 6.33 Å². The van der Waals surface area contributed by atoms with Crippen LogP contribution in [0.1, 0.15) is 10.4 Å². The topological polar surface area (TPSA) is 80.9 Å². The molecule has 0 spiro atoms. The van der Waals surface area contributed by atoms with Gasteiger partial charge >= 0.3 is 0 Å². The van der Waals surface area contributed by atoms with Gasteiger partial charge in [-0.2, -0.15) is 0 Å². The Morgan fingerprint density at radius 3 is 2.39 bits per heavy atom. The summed E-state index contributed by atoms with van der Waals surface area (Å²) >= 11 is 11.6. The highest BCUT2D eigenvalue weighted by molar-refractivity contribution is 6.38. The number of aromatic nitrogens is 2. The number of nitrogen functional groups attached to an aromatic ring is 1. The first-order valence-corrected chi connectivity index (χ1v) is 5.67. The summed E-state index contributed by atoms with van der Waals surface area (Å²) < 4.78 is 0. The van der Waals surface area contributed by atoms with Gasteiger partial charge in [-0.05, 0) is 12.1 Å². The third-order valence-corrected chi connectivity index (χ3v) is 2.77. The number of carbonyl (C=O) groups is 1. The number of anilines is 2. The van der Waals surface area contributed by atoms with Gasteiger partial charge in [-0.15, -0.1) is 0 Å². The molecule has 0 saturated heterocycles. The molecule has 1 amide bonds. The van der Waals surface area contributed by atoms with Gasteiger partial charge in [0.1, 0.15) is 12.0 Å². The number of benzene rings is 1. The molecule has 0 radical (unpaired) electrons. The Kier molecular flexibility index (Phi) is 3.64. The summed E-state index contributed by atoms with van der Waals surface area (Å²) in [4.78, 5) is 19.4. The summed E-state index contributed by atoms with van der Waals surface area (Å²) in [6.45, 7) is 0. The first-order valence-electron chi connectivity index (χ1n) is 4.91. The third-order valence-electron chi connectivity index (χ3n) is 2.20. The highest BCUT2D eigenvalue weighted by Gasteiger charge is 2.14. The van der Waals surface area contributed by atoms with Crippen molar-refractivity contribution >= 4 is 40.5 Å². The smallest absolute Gasteiger partial charge is 0.257 e. The molecule has 92 valence electrons. The Bertz CT molecular complexity index is 583. The van der Waals surface area contributed by atoms with Gasteiger partial charge in [-0.1, -0.05) is 35.3 Å². The van der Waals surface area contributed by atoms with Crippen LogP contribution in [0.25, 0.3) is 0 Å². The van der Waals surface area contributed by atoms with Gasteiger partial charge in [-0.3, -0.25) is 4.79 Å². The number of carbonyl (C=O) groups excluding carboxylic acids is 1. The summed E-state index contributed by atoms with van der Waals surface area (Å²) in [7, 11) is 0. The average molecular weight is 283 g/mol. The predicted octanol–water partition coefficient (Wildman–Crippen LogP) is 2.62. The molecule has 5 nitrogen and oxygen atoms in total. The second-order valence-electron chi connectivity index (χ2n) is 3.37. The normalized spacial score (nSPS) is 10.1. The lowest BCUT2D eigenvalue weighted by Gasteiger charge is -2.08. The summed E-state index contributed by atoms with van der Waals surface area (Å²) in [5.74, 6) is -0.424. The predicted molar refractivity (Wildman–Crippen MR) is 70.9 cm³/mol. The van der Waals surface area contributed by atoms with Gasteiger partial charge in [-0.25, -0.2) is 9.97 Å². The quantitative estimate of drug-likeness (QED) is 0.655. The van der Waals surface area contributed by atoms with Gasteiger partial charge in [0.2, 0.25) is 0 Å². The van der Waals surface area contributed by atoms with Crippen LogP contribution in [0.5, 0.6) is 0 Å². The largest absolute Gasteiger partial charge is 0.398 e. The average Bonchev–Trinajstić information content (AvgIpc) is 2.34. The van der Waals surface area contributed by atoms with Crippen molar-refractivity contribution in [2.45, 2.75) is 0 Å². The SMILES string of the molecule is Nc1ccccc1C(=O)Nc1c(Cl)ncnc1Cl. The molecular weight excluding hydrogens is 275 g/mol. The lowest BCUT2D eigenvalue weighted by atomic mass is 10.1. The van der Waals surface area contributed by atoms with Crippen LogP contribution in [-0.4, -0.2) is 15.9 Å². The Morgan fingerprint density at radius 2 is 1.78 bits per heavy atom. The van der Waals surface area contributed by atoms with Crippen molar-refractivity contribution in [1.29, 1.82) is 0 Å². The summed E-state index contributed by atoms with van der Waals surface area (Å²) in [6.07, 6.45) is 1.21. The molecule has 0 atom stereocenters. The van der Waals surface area contributed by atoms with Crippen molar-refractivity contribution < 1.29 is 4.79 Å². The number of hydrogen-bond donors (Lipinski definition) is 2. The van der Waals surface area contributed by atoms with Gasteiger partial charge in [0.25, 0.3) is 5.91 Å². The van der Waals surface area contributed by atoms with E-state index in [-0.39, 0.29) is 16.0 Å². The molecule has 3 N–H and O–H groups in total. The maximum atomic E-state index is 12.0. The van der Waals surface area contributed by atoms with Crippen LogP contribution in [0.2, 0.25) is 10.3 Å². The molecule has 1 aromatic carbocycles. The molecule has 7 heteroatoms. The Labute approximate surface area is 113 Å². The van der Waals surface area contributed by atoms with E-state index in [0.29, 0.717) is 11.3 Å². The molecule has 0 unspecified atom stereocenters. The molecule has 0 bridgehead atoms. The summed E-state index contributed by atoms with van der Waals surface area (Å²) in [5.41, 5.74) is 6.54. The molecular formula is C11H8Cl2N4O. The van der Waals surface area contributed by atoms with Crippen molar-refractivity contribution in [3.05, 3.63) is 46.5 Å². The molecule has 1 aromatic heterocycles. The van der Waals surface area contributed by atoms with E-state index in [9.17, 15) is 4.79 Å². The van der Waals surface area contributed by atoms with E-state index in [1.807, 2.05) is 0 Å². The van der Waals surface area contributed by atoms with Crippen molar-refractivity contribution in [2.75, 3.05) is 11.1 Å². The Morgan fingerprint density at radius 1 is 1.17 bits per heavy atom. The first kappa shape index (κ1) is 12.6. The highest BCUT2D eigenvalue weighted by Crippen LogP contribution is 2.26.